The lowest BCUT2D eigenvalue weighted by Crippen LogP contribution is -2.16. The second-order valence-corrected chi connectivity index (χ2v) is 8.24. The van der Waals surface area contributed by atoms with Crippen LogP contribution in [0, 0.1) is 0 Å². The van der Waals surface area contributed by atoms with E-state index in [9.17, 15) is 0 Å². The van der Waals surface area contributed by atoms with Crippen LogP contribution in [0.1, 0.15) is 25.0 Å². The predicted molar refractivity (Wildman–Crippen MR) is 122 cm³/mol. The molecule has 0 spiro atoms. The molecule has 1 aliphatic rings. The summed E-state index contributed by atoms with van der Waals surface area (Å²) >= 11 is 0. The van der Waals surface area contributed by atoms with E-state index in [0.29, 0.717) is 0 Å². The van der Waals surface area contributed by atoms with Gasteiger partial charge in [-0.1, -0.05) is 56.3 Å². The van der Waals surface area contributed by atoms with Crippen LogP contribution in [0.3, 0.4) is 0 Å². The van der Waals surface area contributed by atoms with Gasteiger partial charge in [0.1, 0.15) is 0 Å². The molecule has 0 amide bonds. The minimum Gasteiger partial charge on any atom is -0.345 e. The molecule has 0 fully saturated rings. The molecule has 2 nitrogen and oxygen atoms in total. The second kappa shape index (κ2) is 6.59. The lowest BCUT2D eigenvalue weighted by atomic mass is 9.82. The van der Waals surface area contributed by atoms with Crippen molar-refractivity contribution < 1.29 is 0 Å². The van der Waals surface area contributed by atoms with E-state index in [1.807, 2.05) is 24.5 Å². The molecule has 0 aliphatic heterocycles. The highest BCUT2D eigenvalue weighted by Gasteiger charge is 2.35. The van der Waals surface area contributed by atoms with Crippen LogP contribution in [0.4, 0.5) is 11.4 Å². The largest absolute Gasteiger partial charge is 0.345 e. The highest BCUT2D eigenvalue weighted by atomic mass is 15.1. The van der Waals surface area contributed by atoms with Gasteiger partial charge in [-0.15, -0.1) is 0 Å². The number of hydrogen-bond acceptors (Lipinski definition) is 2. The normalized spacial score (nSPS) is 13.6. The van der Waals surface area contributed by atoms with Gasteiger partial charge in [-0.3, -0.25) is 4.98 Å². The smallest absolute Gasteiger partial charge is 0.0411 e. The molecule has 0 radical (unpaired) electrons. The molecule has 4 aromatic rings. The van der Waals surface area contributed by atoms with Crippen molar-refractivity contribution in [3.63, 3.8) is 0 Å². The summed E-state index contributed by atoms with van der Waals surface area (Å²) in [7, 11) is 2.14. The van der Waals surface area contributed by atoms with Gasteiger partial charge in [-0.2, -0.15) is 0 Å². The van der Waals surface area contributed by atoms with Gasteiger partial charge in [0, 0.05) is 36.2 Å². The lowest BCUT2D eigenvalue weighted by molar-refractivity contribution is 0.660. The number of nitrogens with zero attached hydrogens (tertiary/aromatic N) is 2. The summed E-state index contributed by atoms with van der Waals surface area (Å²) in [4.78, 5) is 6.36. The second-order valence-electron chi connectivity index (χ2n) is 8.24. The third-order valence-electron chi connectivity index (χ3n) is 6.22. The van der Waals surface area contributed by atoms with Gasteiger partial charge >= 0.3 is 0 Å². The summed E-state index contributed by atoms with van der Waals surface area (Å²) in [5, 5.41) is 0. The average Bonchev–Trinajstić information content (AvgIpc) is 3.01. The van der Waals surface area contributed by atoms with Crippen molar-refractivity contribution in [1.29, 1.82) is 0 Å². The van der Waals surface area contributed by atoms with Crippen LogP contribution >= 0.6 is 0 Å². The van der Waals surface area contributed by atoms with Crippen LogP contribution in [-0.2, 0) is 5.41 Å². The Labute approximate surface area is 172 Å². The van der Waals surface area contributed by atoms with Gasteiger partial charge < -0.3 is 4.90 Å². The Hall–Kier alpha value is -3.39. The first kappa shape index (κ1) is 17.7. The molecule has 5 rings (SSSR count). The SMILES string of the molecule is CN(c1ccc(-c2ccncc2)cc1)c1ccc2c(c1)C(C)(C)c1ccccc1-2. The van der Waals surface area contributed by atoms with Crippen molar-refractivity contribution in [2.75, 3.05) is 11.9 Å². The molecule has 1 heterocycles. The van der Waals surface area contributed by atoms with E-state index in [4.69, 9.17) is 0 Å². The zero-order chi connectivity index (χ0) is 20.0. The van der Waals surface area contributed by atoms with Crippen molar-refractivity contribution >= 4 is 11.4 Å². The van der Waals surface area contributed by atoms with Crippen molar-refractivity contribution in [2.45, 2.75) is 19.3 Å². The minimum atomic E-state index is 0.0218. The van der Waals surface area contributed by atoms with E-state index in [2.05, 4.69) is 97.5 Å². The quantitative estimate of drug-likeness (QED) is 0.390. The first-order chi connectivity index (χ1) is 14.1. The molecule has 0 saturated heterocycles. The third-order valence-corrected chi connectivity index (χ3v) is 6.22. The number of fused-ring (bicyclic) bond motifs is 3. The Morgan fingerprint density at radius 1 is 0.655 bits per heavy atom. The van der Waals surface area contributed by atoms with Crippen LogP contribution in [0.25, 0.3) is 22.3 Å². The molecule has 142 valence electrons. The van der Waals surface area contributed by atoms with Gasteiger partial charge in [-0.25, -0.2) is 0 Å². The molecule has 29 heavy (non-hydrogen) atoms. The monoisotopic (exact) mass is 376 g/mol. The molecular weight excluding hydrogens is 352 g/mol. The van der Waals surface area contributed by atoms with Crippen LogP contribution in [0.15, 0.2) is 91.3 Å². The van der Waals surface area contributed by atoms with Gasteiger partial charge in [0.2, 0.25) is 0 Å². The summed E-state index contributed by atoms with van der Waals surface area (Å²) in [6.07, 6.45) is 3.67. The van der Waals surface area contributed by atoms with Crippen LogP contribution in [0.2, 0.25) is 0 Å². The van der Waals surface area contributed by atoms with E-state index in [0.717, 1.165) is 0 Å². The van der Waals surface area contributed by atoms with E-state index in [-0.39, 0.29) is 5.41 Å². The third kappa shape index (κ3) is 2.84. The summed E-state index contributed by atoms with van der Waals surface area (Å²) in [6, 6.07) is 28.4. The number of hydrogen-bond donors (Lipinski definition) is 0. The highest BCUT2D eigenvalue weighted by molar-refractivity contribution is 5.83. The Morgan fingerprint density at radius 2 is 1.28 bits per heavy atom. The van der Waals surface area contributed by atoms with Crippen molar-refractivity contribution in [2.24, 2.45) is 0 Å². The Morgan fingerprint density at radius 3 is 2.03 bits per heavy atom. The topological polar surface area (TPSA) is 16.1 Å². The Balaban J connectivity index is 1.49. The first-order valence-electron chi connectivity index (χ1n) is 10.0. The Bertz CT molecular complexity index is 1170. The molecule has 3 aromatic carbocycles. The fourth-order valence-corrected chi connectivity index (χ4v) is 4.47. The van der Waals surface area contributed by atoms with Crippen LogP contribution in [-0.4, -0.2) is 12.0 Å². The fourth-order valence-electron chi connectivity index (χ4n) is 4.47. The summed E-state index contributed by atoms with van der Waals surface area (Å²) in [5.74, 6) is 0. The Kier molecular flexibility index (Phi) is 4.02. The number of rotatable bonds is 3. The van der Waals surface area contributed by atoms with Gasteiger partial charge in [0.05, 0.1) is 0 Å². The average molecular weight is 377 g/mol. The standard InChI is InChI=1S/C27H24N2/c1-27(2)25-7-5-4-6-23(25)24-13-12-22(18-26(24)27)29(3)21-10-8-19(9-11-21)20-14-16-28-17-15-20/h4-18H,1-3H3. The maximum atomic E-state index is 4.10. The maximum Gasteiger partial charge on any atom is 0.0411 e. The molecular formula is C27H24N2. The zero-order valence-corrected chi connectivity index (χ0v) is 17.1. The van der Waals surface area contributed by atoms with Crippen LogP contribution < -0.4 is 4.90 Å². The molecule has 1 aromatic heterocycles. The van der Waals surface area contributed by atoms with Crippen molar-refractivity contribution in [3.8, 4) is 22.3 Å². The van der Waals surface area contributed by atoms with E-state index >= 15 is 0 Å². The van der Waals surface area contributed by atoms with E-state index in [1.165, 1.54) is 44.8 Å². The van der Waals surface area contributed by atoms with Gasteiger partial charge in [0.25, 0.3) is 0 Å². The summed E-state index contributed by atoms with van der Waals surface area (Å²) in [5.41, 5.74) is 10.3. The van der Waals surface area contributed by atoms with E-state index in [1.54, 1.807) is 0 Å². The highest BCUT2D eigenvalue weighted by Crippen LogP contribution is 2.49. The van der Waals surface area contributed by atoms with Gasteiger partial charge in [-0.05, 0) is 69.8 Å². The molecule has 0 bridgehead atoms. The van der Waals surface area contributed by atoms with Gasteiger partial charge in [0.15, 0.2) is 0 Å². The number of benzene rings is 3. The first-order valence-corrected chi connectivity index (χ1v) is 10.0. The molecule has 1 aliphatic carbocycles. The minimum absolute atomic E-state index is 0.0218. The molecule has 0 atom stereocenters. The molecule has 2 heteroatoms. The molecule has 0 unspecified atom stereocenters. The number of anilines is 2. The molecule has 0 N–H and O–H groups in total. The summed E-state index contributed by atoms with van der Waals surface area (Å²) < 4.78 is 0. The number of pyridine rings is 1. The molecule has 0 saturated carbocycles. The number of aromatic nitrogens is 1. The zero-order valence-electron chi connectivity index (χ0n) is 17.1. The van der Waals surface area contributed by atoms with Crippen LogP contribution in [0.5, 0.6) is 0 Å². The maximum absolute atomic E-state index is 4.10. The van der Waals surface area contributed by atoms with Crippen molar-refractivity contribution in [3.05, 3.63) is 102 Å². The fraction of sp³-hybridized carbons (Fsp3) is 0.148. The van der Waals surface area contributed by atoms with E-state index < -0.39 is 0 Å². The predicted octanol–water partition coefficient (Wildman–Crippen LogP) is 6.82. The summed E-state index contributed by atoms with van der Waals surface area (Å²) in [6.45, 7) is 4.65. The lowest BCUT2D eigenvalue weighted by Gasteiger charge is -2.25. The van der Waals surface area contributed by atoms with Crippen molar-refractivity contribution in [1.82, 2.24) is 4.98 Å².